The minimum atomic E-state index is 0.683. The highest BCUT2D eigenvalue weighted by atomic mass is 32.1. The van der Waals surface area contributed by atoms with E-state index in [9.17, 15) is 0 Å². The predicted molar refractivity (Wildman–Crippen MR) is 215 cm³/mol. The van der Waals surface area contributed by atoms with E-state index in [1.165, 1.54) is 42.1 Å². The Morgan fingerprint density at radius 2 is 0.961 bits per heavy atom. The van der Waals surface area contributed by atoms with Crippen LogP contribution in [0.3, 0.4) is 0 Å². The molecule has 10 aromatic rings. The second-order valence-corrected chi connectivity index (χ2v) is 13.8. The normalized spacial score (nSPS) is 11.5. The van der Waals surface area contributed by atoms with Gasteiger partial charge in [0.1, 0.15) is 0 Å². The van der Waals surface area contributed by atoms with Crippen LogP contribution < -0.4 is 0 Å². The molecule has 238 valence electrons. The van der Waals surface area contributed by atoms with Crippen molar-refractivity contribution in [3.05, 3.63) is 176 Å². The van der Waals surface area contributed by atoms with Gasteiger partial charge in [0.25, 0.3) is 0 Å². The molecule has 0 aliphatic rings. The fourth-order valence-corrected chi connectivity index (χ4v) is 8.53. The number of hydrogen-bond acceptors (Lipinski definition) is 4. The number of pyridine rings is 1. The van der Waals surface area contributed by atoms with Gasteiger partial charge >= 0.3 is 0 Å². The predicted octanol–water partition coefficient (Wildman–Crippen LogP) is 12.9. The van der Waals surface area contributed by atoms with Crippen molar-refractivity contribution in [2.45, 2.75) is 0 Å². The third kappa shape index (κ3) is 5.08. The van der Waals surface area contributed by atoms with E-state index in [2.05, 4.69) is 164 Å². The summed E-state index contributed by atoms with van der Waals surface area (Å²) in [6.45, 7) is 0. The van der Waals surface area contributed by atoms with Gasteiger partial charge in [0.05, 0.1) is 22.6 Å². The summed E-state index contributed by atoms with van der Waals surface area (Å²) >= 11 is 1.82. The summed E-state index contributed by atoms with van der Waals surface area (Å²) in [4.78, 5) is 16.0. The molecule has 0 fully saturated rings. The summed E-state index contributed by atoms with van der Waals surface area (Å²) in [7, 11) is 0. The molecular formula is C47H29N3S. The molecule has 3 heterocycles. The average Bonchev–Trinajstić information content (AvgIpc) is 3.61. The van der Waals surface area contributed by atoms with E-state index in [0.717, 1.165) is 50.2 Å². The molecular weight excluding hydrogens is 639 g/mol. The molecule has 51 heavy (non-hydrogen) atoms. The molecule has 0 saturated carbocycles. The maximum Gasteiger partial charge on any atom is 0.161 e. The summed E-state index contributed by atoms with van der Waals surface area (Å²) in [5.41, 5.74) is 10.3. The van der Waals surface area contributed by atoms with E-state index in [1.807, 2.05) is 23.5 Å². The molecule has 0 saturated heterocycles. The van der Waals surface area contributed by atoms with Crippen molar-refractivity contribution in [1.82, 2.24) is 15.0 Å². The van der Waals surface area contributed by atoms with Crippen molar-refractivity contribution < 1.29 is 0 Å². The lowest BCUT2D eigenvalue weighted by Crippen LogP contribution is -1.97. The van der Waals surface area contributed by atoms with Crippen LogP contribution in [0.4, 0.5) is 0 Å². The van der Waals surface area contributed by atoms with E-state index in [4.69, 9.17) is 15.0 Å². The van der Waals surface area contributed by atoms with Crippen LogP contribution in [0.25, 0.3) is 98.1 Å². The van der Waals surface area contributed by atoms with Gasteiger partial charge in [-0.25, -0.2) is 15.0 Å². The quantitative estimate of drug-likeness (QED) is 0.183. The van der Waals surface area contributed by atoms with Gasteiger partial charge in [-0.1, -0.05) is 158 Å². The van der Waals surface area contributed by atoms with Gasteiger partial charge in [0.15, 0.2) is 5.82 Å². The molecule has 0 atom stereocenters. The number of rotatable bonds is 5. The Morgan fingerprint density at radius 1 is 0.392 bits per heavy atom. The third-order valence-corrected chi connectivity index (χ3v) is 10.9. The van der Waals surface area contributed by atoms with Gasteiger partial charge in [-0.05, 0) is 40.1 Å². The zero-order valence-corrected chi connectivity index (χ0v) is 28.3. The first kappa shape index (κ1) is 29.4. The molecule has 0 bridgehead atoms. The van der Waals surface area contributed by atoms with E-state index in [0.29, 0.717) is 5.82 Å². The van der Waals surface area contributed by atoms with E-state index in [1.54, 1.807) is 0 Å². The lowest BCUT2D eigenvalue weighted by atomic mass is 9.96. The van der Waals surface area contributed by atoms with Crippen LogP contribution in [0.2, 0.25) is 0 Å². The molecule has 10 rings (SSSR count). The number of nitrogens with zero attached hydrogens (tertiary/aromatic N) is 3. The molecule has 0 aliphatic heterocycles. The standard InChI is InChI=1S/C47H29N3S/c1-3-13-30(14-4-1)31-25-27-34(28-26-31)41-29-40(33-16-5-2-6-17-33)49-47(50-41)38-22-12-23-39-43(38)46-44(37-20-9-10-24-42(37)51-46)45(48-39)36-21-11-18-32-15-7-8-19-35(32)36/h1-29H. The Hall–Kier alpha value is -6.49. The Bertz CT molecular complexity index is 2890. The third-order valence-electron chi connectivity index (χ3n) is 9.70. The van der Waals surface area contributed by atoms with E-state index in [-0.39, 0.29) is 0 Å². The second-order valence-electron chi connectivity index (χ2n) is 12.8. The second kappa shape index (κ2) is 12.1. The van der Waals surface area contributed by atoms with Crippen molar-refractivity contribution in [3.8, 4) is 56.3 Å². The van der Waals surface area contributed by atoms with Crippen molar-refractivity contribution >= 4 is 53.2 Å². The monoisotopic (exact) mass is 667 g/mol. The van der Waals surface area contributed by atoms with Gasteiger partial charge in [-0.2, -0.15) is 0 Å². The summed E-state index contributed by atoms with van der Waals surface area (Å²) in [6, 6.07) is 61.7. The van der Waals surface area contributed by atoms with Crippen LogP contribution >= 0.6 is 11.3 Å². The zero-order valence-electron chi connectivity index (χ0n) is 27.5. The summed E-state index contributed by atoms with van der Waals surface area (Å²) in [6.07, 6.45) is 0. The molecule has 0 radical (unpaired) electrons. The first-order chi connectivity index (χ1) is 25.3. The number of hydrogen-bond donors (Lipinski definition) is 0. The minimum absolute atomic E-state index is 0.683. The molecule has 3 aromatic heterocycles. The maximum atomic E-state index is 5.48. The molecule has 0 aliphatic carbocycles. The van der Waals surface area contributed by atoms with Crippen molar-refractivity contribution in [2.75, 3.05) is 0 Å². The number of benzene rings is 7. The topological polar surface area (TPSA) is 38.7 Å². The van der Waals surface area contributed by atoms with Crippen LogP contribution in [0.1, 0.15) is 0 Å². The van der Waals surface area contributed by atoms with Crippen molar-refractivity contribution in [1.29, 1.82) is 0 Å². The largest absolute Gasteiger partial charge is 0.247 e. The molecule has 0 N–H and O–H groups in total. The Kier molecular flexibility index (Phi) is 7.00. The van der Waals surface area contributed by atoms with Gasteiger partial charge in [-0.15, -0.1) is 11.3 Å². The highest BCUT2D eigenvalue weighted by Gasteiger charge is 2.21. The van der Waals surface area contributed by atoms with Crippen LogP contribution in [-0.2, 0) is 0 Å². The SMILES string of the molecule is c1ccc(-c2ccc(-c3cc(-c4ccccc4)nc(-c4cccc5nc(-c6cccc7ccccc67)c6c7ccccc7sc6c45)n3)cc2)cc1. The maximum absolute atomic E-state index is 5.48. The molecule has 3 nitrogen and oxygen atoms in total. The van der Waals surface area contributed by atoms with Crippen molar-refractivity contribution in [2.24, 2.45) is 0 Å². The Balaban J connectivity index is 1.23. The van der Waals surface area contributed by atoms with Crippen LogP contribution in [-0.4, -0.2) is 15.0 Å². The molecule has 0 unspecified atom stereocenters. The number of thiophene rings is 1. The molecule has 4 heteroatoms. The summed E-state index contributed by atoms with van der Waals surface area (Å²) in [5.74, 6) is 0.683. The lowest BCUT2D eigenvalue weighted by Gasteiger charge is -2.14. The molecule has 0 spiro atoms. The van der Waals surface area contributed by atoms with E-state index < -0.39 is 0 Å². The Morgan fingerprint density at radius 3 is 1.75 bits per heavy atom. The van der Waals surface area contributed by atoms with Gasteiger partial charge < -0.3 is 0 Å². The first-order valence-corrected chi connectivity index (χ1v) is 17.9. The van der Waals surface area contributed by atoms with Gasteiger partial charge in [-0.3, -0.25) is 0 Å². The van der Waals surface area contributed by atoms with Crippen molar-refractivity contribution in [3.63, 3.8) is 0 Å². The van der Waals surface area contributed by atoms with Crippen LogP contribution in [0.5, 0.6) is 0 Å². The first-order valence-electron chi connectivity index (χ1n) is 17.1. The van der Waals surface area contributed by atoms with E-state index >= 15 is 0 Å². The highest BCUT2D eigenvalue weighted by Crippen LogP contribution is 2.46. The average molecular weight is 668 g/mol. The van der Waals surface area contributed by atoms with Crippen LogP contribution in [0, 0.1) is 0 Å². The minimum Gasteiger partial charge on any atom is -0.247 e. The molecule has 7 aromatic carbocycles. The Labute approximate surface area is 299 Å². The molecule has 0 amide bonds. The number of fused-ring (bicyclic) bond motifs is 6. The zero-order chi connectivity index (χ0) is 33.7. The van der Waals surface area contributed by atoms with Gasteiger partial charge in [0, 0.05) is 47.8 Å². The smallest absolute Gasteiger partial charge is 0.161 e. The lowest BCUT2D eigenvalue weighted by molar-refractivity contribution is 1.19. The summed E-state index contributed by atoms with van der Waals surface area (Å²) < 4.78 is 2.43. The number of aromatic nitrogens is 3. The van der Waals surface area contributed by atoms with Gasteiger partial charge in [0.2, 0.25) is 0 Å². The van der Waals surface area contributed by atoms with Crippen LogP contribution in [0.15, 0.2) is 176 Å². The fourth-order valence-electron chi connectivity index (χ4n) is 7.25. The highest BCUT2D eigenvalue weighted by molar-refractivity contribution is 7.26. The fraction of sp³-hybridized carbons (Fsp3) is 0. The summed E-state index contributed by atoms with van der Waals surface area (Å²) in [5, 5.41) is 5.86.